The molecule has 0 saturated heterocycles. The first-order valence-electron chi connectivity index (χ1n) is 10.3. The predicted octanol–water partition coefficient (Wildman–Crippen LogP) is 6.50. The zero-order valence-electron chi connectivity index (χ0n) is 17.6. The van der Waals surface area contributed by atoms with E-state index in [0.29, 0.717) is 17.7 Å². The molecule has 4 aromatic rings. The molecule has 8 heteroatoms. The average Bonchev–Trinajstić information content (AvgIpc) is 3.25. The van der Waals surface area contributed by atoms with E-state index in [0.717, 1.165) is 26.5 Å². The van der Waals surface area contributed by atoms with Gasteiger partial charge in [-0.1, -0.05) is 75.6 Å². The number of hydrogen-bond donors (Lipinski definition) is 0. The molecule has 1 aromatic heterocycles. The average molecular weight is 541 g/mol. The zero-order valence-corrected chi connectivity index (χ0v) is 20.8. The maximum Gasteiger partial charge on any atom is 0.279 e. The first kappa shape index (κ1) is 22.1. The maximum atomic E-state index is 13.7. The largest absolute Gasteiger partial charge is 0.279 e. The van der Waals surface area contributed by atoms with E-state index in [-0.39, 0.29) is 10.0 Å². The fraction of sp³-hybridized carbons (Fsp3) is 0.120. The number of pyridine rings is 1. The van der Waals surface area contributed by atoms with Gasteiger partial charge in [-0.25, -0.2) is 4.98 Å². The standard InChI is InChI=1S/C25H19BrClN3O2S/c1-16-6-12-20(13-7-16)33(31,32)30-24(15-23(29-30)17-8-10-19(26)11-9-17)21-14-18-4-2-3-5-22(18)28-25(21)27/h2-14,24H,15H2,1H3. The molecular formula is C25H19BrClN3O2S. The number of sulfonamides is 1. The number of aromatic nitrogens is 1. The zero-order chi connectivity index (χ0) is 23.2. The van der Waals surface area contributed by atoms with E-state index in [1.807, 2.05) is 61.5 Å². The van der Waals surface area contributed by atoms with Crippen LogP contribution in [0.5, 0.6) is 0 Å². The Morgan fingerprint density at radius 1 is 1.00 bits per heavy atom. The summed E-state index contributed by atoms with van der Waals surface area (Å²) in [7, 11) is -3.92. The Morgan fingerprint density at radius 3 is 2.42 bits per heavy atom. The Morgan fingerprint density at radius 2 is 1.70 bits per heavy atom. The highest BCUT2D eigenvalue weighted by Gasteiger charge is 2.39. The Hall–Kier alpha value is -2.74. The number of para-hydroxylation sites is 1. The minimum atomic E-state index is -3.92. The van der Waals surface area contributed by atoms with Crippen LogP contribution in [0.2, 0.25) is 5.15 Å². The van der Waals surface area contributed by atoms with E-state index in [4.69, 9.17) is 11.6 Å². The van der Waals surface area contributed by atoms with Gasteiger partial charge in [-0.3, -0.25) is 0 Å². The van der Waals surface area contributed by atoms with Gasteiger partial charge in [-0.2, -0.15) is 17.9 Å². The van der Waals surface area contributed by atoms with Crippen molar-refractivity contribution in [3.8, 4) is 0 Å². The van der Waals surface area contributed by atoms with Crippen molar-refractivity contribution in [3.63, 3.8) is 0 Å². The van der Waals surface area contributed by atoms with Crippen molar-refractivity contribution in [1.82, 2.24) is 9.40 Å². The van der Waals surface area contributed by atoms with Crippen LogP contribution in [0.4, 0.5) is 0 Å². The number of nitrogens with zero attached hydrogens (tertiary/aromatic N) is 3. The Labute approximate surface area is 205 Å². The Kier molecular flexibility index (Phi) is 5.72. The summed E-state index contributed by atoms with van der Waals surface area (Å²) in [6.07, 6.45) is 0.381. The van der Waals surface area contributed by atoms with Gasteiger partial charge in [-0.05, 0) is 48.9 Å². The van der Waals surface area contributed by atoms with E-state index >= 15 is 0 Å². The summed E-state index contributed by atoms with van der Waals surface area (Å²) in [5.41, 5.74) is 3.89. The molecule has 166 valence electrons. The van der Waals surface area contributed by atoms with Crippen LogP contribution in [0.1, 0.15) is 29.2 Å². The highest BCUT2D eigenvalue weighted by atomic mass is 79.9. The third-order valence-corrected chi connectivity index (χ3v) is 8.21. The van der Waals surface area contributed by atoms with Crippen molar-refractivity contribution in [2.75, 3.05) is 0 Å². The lowest BCUT2D eigenvalue weighted by molar-refractivity contribution is 0.371. The molecule has 3 aromatic carbocycles. The lowest BCUT2D eigenvalue weighted by atomic mass is 9.99. The topological polar surface area (TPSA) is 62.6 Å². The molecule has 0 fully saturated rings. The van der Waals surface area contributed by atoms with E-state index in [1.165, 1.54) is 4.41 Å². The molecular weight excluding hydrogens is 522 g/mol. The molecule has 1 atom stereocenters. The van der Waals surface area contributed by atoms with Crippen molar-refractivity contribution in [3.05, 3.63) is 105 Å². The molecule has 0 radical (unpaired) electrons. The molecule has 1 unspecified atom stereocenters. The fourth-order valence-corrected chi connectivity index (χ4v) is 5.88. The highest BCUT2D eigenvalue weighted by Crippen LogP contribution is 2.40. The summed E-state index contributed by atoms with van der Waals surface area (Å²) in [5, 5.41) is 5.76. The Bertz CT molecular complexity index is 1490. The number of halogens is 2. The molecule has 0 amide bonds. The van der Waals surface area contributed by atoms with Crippen LogP contribution in [0.3, 0.4) is 0 Å². The molecule has 2 heterocycles. The van der Waals surface area contributed by atoms with Crippen molar-refractivity contribution in [2.24, 2.45) is 5.10 Å². The third-order valence-electron chi connectivity index (χ3n) is 5.68. The minimum absolute atomic E-state index is 0.184. The first-order chi connectivity index (χ1) is 15.8. The van der Waals surface area contributed by atoms with Crippen molar-refractivity contribution in [2.45, 2.75) is 24.3 Å². The van der Waals surface area contributed by atoms with Crippen LogP contribution in [0.15, 0.2) is 93.3 Å². The minimum Gasteiger partial charge on any atom is -0.236 e. The number of hydrogen-bond acceptors (Lipinski definition) is 4. The molecule has 0 spiro atoms. The second-order valence-corrected chi connectivity index (χ2v) is 11.0. The number of aryl methyl sites for hydroxylation is 1. The van der Waals surface area contributed by atoms with Gasteiger partial charge in [0, 0.05) is 21.8 Å². The third kappa shape index (κ3) is 4.16. The van der Waals surface area contributed by atoms with Crippen LogP contribution >= 0.6 is 27.5 Å². The summed E-state index contributed by atoms with van der Waals surface area (Å²) in [4.78, 5) is 4.70. The van der Waals surface area contributed by atoms with E-state index in [2.05, 4.69) is 26.0 Å². The van der Waals surface area contributed by atoms with Gasteiger partial charge in [0.2, 0.25) is 0 Å². The van der Waals surface area contributed by atoms with Crippen LogP contribution in [0.25, 0.3) is 10.9 Å². The van der Waals surface area contributed by atoms with Gasteiger partial charge in [0.1, 0.15) is 5.15 Å². The summed E-state index contributed by atoms with van der Waals surface area (Å²) in [6, 6.07) is 23.4. The van der Waals surface area contributed by atoms with E-state index < -0.39 is 16.1 Å². The molecule has 0 saturated carbocycles. The molecule has 33 heavy (non-hydrogen) atoms. The molecule has 1 aliphatic rings. The van der Waals surface area contributed by atoms with Crippen LogP contribution in [-0.4, -0.2) is 23.5 Å². The summed E-state index contributed by atoms with van der Waals surface area (Å²) < 4.78 is 29.5. The van der Waals surface area contributed by atoms with Gasteiger partial charge in [0.15, 0.2) is 0 Å². The summed E-state index contributed by atoms with van der Waals surface area (Å²) >= 11 is 10.0. The first-order valence-corrected chi connectivity index (χ1v) is 12.9. The lowest BCUT2D eigenvalue weighted by Crippen LogP contribution is -2.27. The van der Waals surface area contributed by atoms with Gasteiger partial charge in [-0.15, -0.1) is 0 Å². The van der Waals surface area contributed by atoms with Crippen molar-refractivity contribution >= 4 is 54.2 Å². The van der Waals surface area contributed by atoms with Gasteiger partial charge in [0.05, 0.1) is 22.2 Å². The molecule has 5 rings (SSSR count). The van der Waals surface area contributed by atoms with E-state index in [1.54, 1.807) is 24.3 Å². The lowest BCUT2D eigenvalue weighted by Gasteiger charge is -2.24. The number of fused-ring (bicyclic) bond motifs is 1. The monoisotopic (exact) mass is 539 g/mol. The smallest absolute Gasteiger partial charge is 0.236 e. The maximum absolute atomic E-state index is 13.7. The summed E-state index contributed by atoms with van der Waals surface area (Å²) in [5.74, 6) is 0. The molecule has 5 nitrogen and oxygen atoms in total. The van der Waals surface area contributed by atoms with Crippen LogP contribution in [-0.2, 0) is 10.0 Å². The van der Waals surface area contributed by atoms with Gasteiger partial charge >= 0.3 is 0 Å². The van der Waals surface area contributed by atoms with Gasteiger partial charge < -0.3 is 0 Å². The quantitative estimate of drug-likeness (QED) is 0.278. The second-order valence-electron chi connectivity index (χ2n) is 7.93. The molecule has 1 aliphatic heterocycles. The number of hydrazone groups is 1. The number of benzene rings is 3. The normalized spacial score (nSPS) is 16.3. The van der Waals surface area contributed by atoms with Crippen LogP contribution in [0, 0.1) is 6.92 Å². The fourth-order valence-electron chi connectivity index (χ4n) is 3.92. The SMILES string of the molecule is Cc1ccc(S(=O)(=O)N2N=C(c3ccc(Br)cc3)CC2c2cc3ccccc3nc2Cl)cc1. The van der Waals surface area contributed by atoms with Gasteiger partial charge in [0.25, 0.3) is 10.0 Å². The van der Waals surface area contributed by atoms with E-state index in [9.17, 15) is 8.42 Å². The second kappa shape index (κ2) is 8.56. The number of rotatable bonds is 4. The van der Waals surface area contributed by atoms with Crippen LogP contribution < -0.4 is 0 Å². The van der Waals surface area contributed by atoms with Crippen molar-refractivity contribution in [1.29, 1.82) is 0 Å². The molecule has 0 N–H and O–H groups in total. The summed E-state index contributed by atoms with van der Waals surface area (Å²) in [6.45, 7) is 1.92. The molecule has 0 aliphatic carbocycles. The highest BCUT2D eigenvalue weighted by molar-refractivity contribution is 9.10. The predicted molar refractivity (Wildman–Crippen MR) is 135 cm³/mol. The van der Waals surface area contributed by atoms with Crippen molar-refractivity contribution < 1.29 is 8.42 Å². The molecule has 0 bridgehead atoms. The Balaban J connectivity index is 1.65.